The number of rotatable bonds is 2. The first-order chi connectivity index (χ1) is 14.7. The van der Waals surface area contributed by atoms with Crippen LogP contribution in [0.1, 0.15) is 26.4 Å². The van der Waals surface area contributed by atoms with Crippen LogP contribution in [0.25, 0.3) is 39.5 Å². The Morgan fingerprint density at radius 2 is 1.43 bits per heavy atom. The number of hydrogen-bond donors (Lipinski definition) is 1. The van der Waals surface area contributed by atoms with E-state index in [0.717, 1.165) is 16.3 Å². The number of Topliss-reactive ketones (excluding diaryl/α,β-unsaturated/α-hetero) is 2. The summed E-state index contributed by atoms with van der Waals surface area (Å²) in [4.78, 5) is 33.4. The summed E-state index contributed by atoms with van der Waals surface area (Å²) in [6.07, 6.45) is 1.58. The molecule has 0 spiro atoms. The molecule has 30 heavy (non-hydrogen) atoms. The van der Waals surface area contributed by atoms with Gasteiger partial charge in [-0.1, -0.05) is 42.5 Å². The van der Waals surface area contributed by atoms with Crippen molar-refractivity contribution in [1.82, 2.24) is 9.97 Å². The normalized spacial score (nSPS) is 13.4. The van der Waals surface area contributed by atoms with Gasteiger partial charge in [0.1, 0.15) is 0 Å². The van der Waals surface area contributed by atoms with Crippen LogP contribution in [0.15, 0.2) is 82.8 Å². The van der Waals surface area contributed by atoms with E-state index < -0.39 is 0 Å². The minimum absolute atomic E-state index is 0.146. The van der Waals surface area contributed by atoms with Gasteiger partial charge in [0, 0.05) is 28.5 Å². The summed E-state index contributed by atoms with van der Waals surface area (Å²) in [5, 5.41) is 1.88. The average molecular weight is 390 g/mol. The molecule has 0 bridgehead atoms. The molecule has 2 aromatic heterocycles. The van der Waals surface area contributed by atoms with Crippen molar-refractivity contribution in [2.45, 2.75) is 0 Å². The molecule has 0 aliphatic heterocycles. The first-order valence-electron chi connectivity index (χ1n) is 9.56. The van der Waals surface area contributed by atoms with Gasteiger partial charge < -0.3 is 9.40 Å². The SMILES string of the molecule is O=C1C(=Cc2cc3oc(-c4ccccc4)nc3[nH]2)C(=O)c2cc3ccccc3cc21. The molecule has 142 valence electrons. The maximum absolute atomic E-state index is 12.9. The van der Waals surface area contributed by atoms with Crippen molar-refractivity contribution in [2.75, 3.05) is 0 Å². The smallest absolute Gasteiger partial charge is 0.228 e. The zero-order valence-corrected chi connectivity index (χ0v) is 15.7. The van der Waals surface area contributed by atoms with Crippen molar-refractivity contribution >= 4 is 39.6 Å². The Hall–Kier alpha value is -4.25. The highest BCUT2D eigenvalue weighted by Crippen LogP contribution is 2.32. The predicted octanol–water partition coefficient (Wildman–Crippen LogP) is 5.44. The van der Waals surface area contributed by atoms with E-state index in [2.05, 4.69) is 9.97 Å². The average Bonchev–Trinajstić information content (AvgIpc) is 3.41. The summed E-state index contributed by atoms with van der Waals surface area (Å²) in [6, 6.07) is 22.6. The second-order valence-corrected chi connectivity index (χ2v) is 7.28. The van der Waals surface area contributed by atoms with Gasteiger partial charge in [-0.15, -0.1) is 0 Å². The van der Waals surface area contributed by atoms with Crippen LogP contribution in [0, 0.1) is 0 Å². The highest BCUT2D eigenvalue weighted by atomic mass is 16.3. The molecule has 0 radical (unpaired) electrons. The van der Waals surface area contributed by atoms with E-state index in [1.807, 2.05) is 54.6 Å². The number of fused-ring (bicyclic) bond motifs is 3. The summed E-state index contributed by atoms with van der Waals surface area (Å²) >= 11 is 0. The highest BCUT2D eigenvalue weighted by Gasteiger charge is 2.33. The van der Waals surface area contributed by atoms with Crippen LogP contribution in [0.4, 0.5) is 0 Å². The third kappa shape index (κ3) is 2.46. The van der Waals surface area contributed by atoms with E-state index in [-0.39, 0.29) is 17.1 Å². The zero-order valence-electron chi connectivity index (χ0n) is 15.7. The third-order valence-corrected chi connectivity index (χ3v) is 5.39. The molecular formula is C25H14N2O3. The van der Waals surface area contributed by atoms with Gasteiger partial charge in [-0.25, -0.2) is 0 Å². The Morgan fingerprint density at radius 1 is 0.800 bits per heavy atom. The molecule has 0 saturated heterocycles. The molecule has 3 aromatic carbocycles. The minimum atomic E-state index is -0.259. The molecule has 2 heterocycles. The lowest BCUT2D eigenvalue weighted by atomic mass is 10.0. The monoisotopic (exact) mass is 390 g/mol. The van der Waals surface area contributed by atoms with Gasteiger partial charge in [-0.2, -0.15) is 4.98 Å². The number of aromatic nitrogens is 2. The summed E-state index contributed by atoms with van der Waals surface area (Å²) in [7, 11) is 0. The number of ketones is 2. The Labute approximate surface area is 170 Å². The number of benzene rings is 3. The topological polar surface area (TPSA) is 76.0 Å². The lowest BCUT2D eigenvalue weighted by molar-refractivity contribution is 0.0990. The van der Waals surface area contributed by atoms with Crippen molar-refractivity contribution in [3.63, 3.8) is 0 Å². The molecule has 5 aromatic rings. The standard InChI is InChI=1S/C25H14N2O3/c28-22-18-10-15-8-4-5-9-16(15)11-19(18)23(29)20(22)12-17-13-21-24(26-17)27-25(30-21)14-6-2-1-3-7-14/h1-13,26H. The second kappa shape index (κ2) is 6.12. The number of hydrogen-bond acceptors (Lipinski definition) is 4. The Kier molecular flexibility index (Phi) is 3.40. The molecule has 1 aliphatic rings. The molecule has 5 heteroatoms. The Balaban J connectivity index is 1.39. The lowest BCUT2D eigenvalue weighted by Gasteiger charge is -2.00. The number of nitrogens with zero attached hydrogens (tertiary/aromatic N) is 1. The predicted molar refractivity (Wildman–Crippen MR) is 114 cm³/mol. The molecule has 0 fully saturated rings. The van der Waals surface area contributed by atoms with Crippen LogP contribution in [0.2, 0.25) is 0 Å². The number of oxazole rings is 1. The maximum atomic E-state index is 12.9. The number of carbonyl (C=O) groups excluding carboxylic acids is 2. The number of carbonyl (C=O) groups is 2. The lowest BCUT2D eigenvalue weighted by Crippen LogP contribution is -2.00. The number of nitrogens with one attached hydrogen (secondary N) is 1. The van der Waals surface area contributed by atoms with Gasteiger partial charge >= 0.3 is 0 Å². The number of allylic oxidation sites excluding steroid dienone is 1. The van der Waals surface area contributed by atoms with E-state index in [0.29, 0.717) is 33.9 Å². The molecule has 1 aliphatic carbocycles. The Morgan fingerprint density at radius 3 is 2.07 bits per heavy atom. The van der Waals surface area contributed by atoms with Crippen LogP contribution >= 0.6 is 0 Å². The first-order valence-corrected chi connectivity index (χ1v) is 9.56. The van der Waals surface area contributed by atoms with Crippen molar-refractivity contribution in [3.8, 4) is 11.5 Å². The molecule has 0 saturated carbocycles. The largest absolute Gasteiger partial charge is 0.434 e. The summed E-state index contributed by atoms with van der Waals surface area (Å²) < 4.78 is 5.83. The third-order valence-electron chi connectivity index (χ3n) is 5.39. The first kappa shape index (κ1) is 16.7. The highest BCUT2D eigenvalue weighted by molar-refractivity contribution is 6.42. The fourth-order valence-corrected chi connectivity index (χ4v) is 3.91. The van der Waals surface area contributed by atoms with Crippen LogP contribution in [0.5, 0.6) is 0 Å². The van der Waals surface area contributed by atoms with Gasteiger partial charge in [0.25, 0.3) is 0 Å². The van der Waals surface area contributed by atoms with Crippen LogP contribution in [-0.4, -0.2) is 21.5 Å². The molecular weight excluding hydrogens is 376 g/mol. The molecule has 0 atom stereocenters. The fourth-order valence-electron chi connectivity index (χ4n) is 3.91. The van der Waals surface area contributed by atoms with E-state index in [9.17, 15) is 9.59 Å². The molecule has 0 unspecified atom stereocenters. The van der Waals surface area contributed by atoms with E-state index in [1.54, 1.807) is 24.3 Å². The maximum Gasteiger partial charge on any atom is 0.228 e. The Bertz CT molecular complexity index is 1430. The van der Waals surface area contributed by atoms with Gasteiger partial charge in [0.2, 0.25) is 5.89 Å². The summed E-state index contributed by atoms with van der Waals surface area (Å²) in [5.74, 6) is -0.00187. The minimum Gasteiger partial charge on any atom is -0.434 e. The van der Waals surface area contributed by atoms with Crippen LogP contribution in [0.3, 0.4) is 0 Å². The molecule has 6 rings (SSSR count). The molecule has 1 N–H and O–H groups in total. The number of H-pyrrole nitrogens is 1. The second-order valence-electron chi connectivity index (χ2n) is 7.28. The van der Waals surface area contributed by atoms with E-state index in [1.165, 1.54) is 0 Å². The molecule has 5 nitrogen and oxygen atoms in total. The van der Waals surface area contributed by atoms with Crippen LogP contribution < -0.4 is 0 Å². The summed E-state index contributed by atoms with van der Waals surface area (Å²) in [6.45, 7) is 0. The van der Waals surface area contributed by atoms with Crippen molar-refractivity contribution in [3.05, 3.63) is 95.2 Å². The van der Waals surface area contributed by atoms with Crippen molar-refractivity contribution in [2.24, 2.45) is 0 Å². The van der Waals surface area contributed by atoms with E-state index in [4.69, 9.17) is 4.42 Å². The van der Waals surface area contributed by atoms with Gasteiger partial charge in [-0.05, 0) is 41.1 Å². The van der Waals surface area contributed by atoms with E-state index >= 15 is 0 Å². The number of aromatic amines is 1. The van der Waals surface area contributed by atoms with Gasteiger partial charge in [-0.3, -0.25) is 9.59 Å². The van der Waals surface area contributed by atoms with Crippen molar-refractivity contribution in [1.29, 1.82) is 0 Å². The molecule has 0 amide bonds. The van der Waals surface area contributed by atoms with Gasteiger partial charge in [0.15, 0.2) is 22.8 Å². The quantitative estimate of drug-likeness (QED) is 0.322. The van der Waals surface area contributed by atoms with Gasteiger partial charge in [0.05, 0.1) is 5.57 Å². The zero-order chi connectivity index (χ0) is 20.2. The van der Waals surface area contributed by atoms with Crippen molar-refractivity contribution < 1.29 is 14.0 Å². The van der Waals surface area contributed by atoms with Crippen LogP contribution in [-0.2, 0) is 0 Å². The fraction of sp³-hybridized carbons (Fsp3) is 0. The summed E-state index contributed by atoms with van der Waals surface area (Å²) in [5.41, 5.74) is 3.67.